The Morgan fingerprint density at radius 1 is 1.05 bits per heavy atom. The zero-order valence-electron chi connectivity index (χ0n) is 11.5. The van der Waals surface area contributed by atoms with E-state index in [1.165, 1.54) is 0 Å². The van der Waals surface area contributed by atoms with E-state index in [1.807, 2.05) is 48.5 Å². The Kier molecular flexibility index (Phi) is 3.51. The van der Waals surface area contributed by atoms with E-state index >= 15 is 0 Å². The number of aromatic nitrogens is 1. The van der Waals surface area contributed by atoms with Crippen LogP contribution >= 0.6 is 0 Å². The van der Waals surface area contributed by atoms with Gasteiger partial charge in [0.2, 0.25) is 5.89 Å². The van der Waals surface area contributed by atoms with E-state index in [0.29, 0.717) is 22.8 Å². The summed E-state index contributed by atoms with van der Waals surface area (Å²) in [5, 5.41) is 2.62. The van der Waals surface area contributed by atoms with Crippen LogP contribution in [0.3, 0.4) is 0 Å². The second-order valence-corrected chi connectivity index (χ2v) is 4.52. The summed E-state index contributed by atoms with van der Waals surface area (Å²) in [4.78, 5) is 16.2. The molecular formula is C17H14N2O2. The molecule has 1 N–H and O–H groups in total. The number of hydrogen-bond acceptors (Lipinski definition) is 3. The van der Waals surface area contributed by atoms with E-state index in [0.717, 1.165) is 5.56 Å². The Labute approximate surface area is 122 Å². The number of nitrogens with one attached hydrogen (secondary N) is 1. The van der Waals surface area contributed by atoms with Crippen LogP contribution in [-0.4, -0.2) is 17.9 Å². The molecule has 3 aromatic rings. The fraction of sp³-hybridized carbons (Fsp3) is 0.0588. The molecule has 0 atom stereocenters. The Bertz CT molecular complexity index is 763. The van der Waals surface area contributed by atoms with Crippen LogP contribution in [0.5, 0.6) is 0 Å². The fourth-order valence-electron chi connectivity index (χ4n) is 2.14. The van der Waals surface area contributed by atoms with Gasteiger partial charge in [0.1, 0.15) is 0 Å². The van der Waals surface area contributed by atoms with Crippen molar-refractivity contribution >= 4 is 5.91 Å². The predicted molar refractivity (Wildman–Crippen MR) is 80.8 cm³/mol. The molecule has 0 saturated carbocycles. The largest absolute Gasteiger partial charge is 0.436 e. The first kappa shape index (κ1) is 13.1. The standard InChI is InChI=1S/C17H14N2O2/c1-18-16(20)13-9-5-6-10-14(13)17-19-11-15(21-17)12-7-3-2-4-8-12/h2-11H,1H3,(H,18,20). The predicted octanol–water partition coefficient (Wildman–Crippen LogP) is 3.37. The van der Waals surface area contributed by atoms with Crippen molar-refractivity contribution in [2.75, 3.05) is 7.05 Å². The SMILES string of the molecule is CNC(=O)c1ccccc1-c1ncc(-c2ccccc2)o1. The summed E-state index contributed by atoms with van der Waals surface area (Å²) in [5.74, 6) is 0.954. The highest BCUT2D eigenvalue weighted by atomic mass is 16.4. The molecule has 104 valence electrons. The first-order valence-corrected chi connectivity index (χ1v) is 6.62. The van der Waals surface area contributed by atoms with Gasteiger partial charge in [0.15, 0.2) is 5.76 Å². The van der Waals surface area contributed by atoms with Crippen LogP contribution in [0.4, 0.5) is 0 Å². The highest BCUT2D eigenvalue weighted by Gasteiger charge is 2.15. The minimum atomic E-state index is -0.162. The van der Waals surface area contributed by atoms with Crippen LogP contribution in [0.25, 0.3) is 22.8 Å². The van der Waals surface area contributed by atoms with Gasteiger partial charge in [-0.3, -0.25) is 4.79 Å². The van der Waals surface area contributed by atoms with E-state index in [-0.39, 0.29) is 5.91 Å². The third kappa shape index (κ3) is 2.56. The average molecular weight is 278 g/mol. The lowest BCUT2D eigenvalue weighted by Gasteiger charge is -2.04. The maximum absolute atomic E-state index is 11.9. The zero-order valence-corrected chi connectivity index (χ0v) is 11.5. The smallest absolute Gasteiger partial charge is 0.251 e. The normalized spacial score (nSPS) is 10.3. The minimum Gasteiger partial charge on any atom is -0.436 e. The molecule has 0 fully saturated rings. The second-order valence-electron chi connectivity index (χ2n) is 4.52. The lowest BCUT2D eigenvalue weighted by Crippen LogP contribution is -2.18. The molecule has 1 aromatic heterocycles. The number of oxazole rings is 1. The van der Waals surface area contributed by atoms with Gasteiger partial charge in [-0.1, -0.05) is 42.5 Å². The van der Waals surface area contributed by atoms with Crippen molar-refractivity contribution < 1.29 is 9.21 Å². The molecule has 0 unspecified atom stereocenters. The third-order valence-corrected chi connectivity index (χ3v) is 3.19. The van der Waals surface area contributed by atoms with Gasteiger partial charge in [0.25, 0.3) is 5.91 Å². The Hall–Kier alpha value is -2.88. The summed E-state index contributed by atoms with van der Waals surface area (Å²) in [7, 11) is 1.60. The number of hydrogen-bond donors (Lipinski definition) is 1. The molecule has 0 radical (unpaired) electrons. The number of carbonyl (C=O) groups is 1. The molecule has 21 heavy (non-hydrogen) atoms. The van der Waals surface area contributed by atoms with Gasteiger partial charge in [-0.05, 0) is 12.1 Å². The van der Waals surface area contributed by atoms with Crippen LogP contribution in [0.15, 0.2) is 65.2 Å². The zero-order chi connectivity index (χ0) is 14.7. The van der Waals surface area contributed by atoms with Crippen molar-refractivity contribution in [2.24, 2.45) is 0 Å². The summed E-state index contributed by atoms with van der Waals surface area (Å²) in [6.45, 7) is 0. The Morgan fingerprint density at radius 3 is 2.52 bits per heavy atom. The molecule has 4 heteroatoms. The van der Waals surface area contributed by atoms with Gasteiger partial charge >= 0.3 is 0 Å². The summed E-state index contributed by atoms with van der Waals surface area (Å²) >= 11 is 0. The van der Waals surface area contributed by atoms with Gasteiger partial charge < -0.3 is 9.73 Å². The molecule has 0 aliphatic carbocycles. The van der Waals surface area contributed by atoms with E-state index in [2.05, 4.69) is 10.3 Å². The molecule has 0 aliphatic rings. The summed E-state index contributed by atoms with van der Waals surface area (Å²) < 4.78 is 5.80. The lowest BCUT2D eigenvalue weighted by molar-refractivity contribution is 0.0963. The topological polar surface area (TPSA) is 55.1 Å². The van der Waals surface area contributed by atoms with Crippen molar-refractivity contribution in [2.45, 2.75) is 0 Å². The minimum absolute atomic E-state index is 0.162. The first-order chi connectivity index (χ1) is 10.3. The molecule has 0 spiro atoms. The second kappa shape index (κ2) is 5.63. The van der Waals surface area contributed by atoms with E-state index in [4.69, 9.17) is 4.42 Å². The Balaban J connectivity index is 2.03. The average Bonchev–Trinajstić information content (AvgIpc) is 3.05. The van der Waals surface area contributed by atoms with Crippen LogP contribution in [0.1, 0.15) is 10.4 Å². The first-order valence-electron chi connectivity index (χ1n) is 6.62. The molecular weight excluding hydrogens is 264 g/mol. The monoisotopic (exact) mass is 278 g/mol. The van der Waals surface area contributed by atoms with E-state index in [9.17, 15) is 4.79 Å². The van der Waals surface area contributed by atoms with Gasteiger partial charge in [-0.15, -0.1) is 0 Å². The van der Waals surface area contributed by atoms with Crippen molar-refractivity contribution in [3.63, 3.8) is 0 Å². The van der Waals surface area contributed by atoms with Crippen LogP contribution in [0, 0.1) is 0 Å². The summed E-state index contributed by atoms with van der Waals surface area (Å²) in [6.07, 6.45) is 1.67. The molecule has 0 aliphatic heterocycles. The third-order valence-electron chi connectivity index (χ3n) is 3.19. The van der Waals surface area contributed by atoms with Crippen LogP contribution in [0.2, 0.25) is 0 Å². The van der Waals surface area contributed by atoms with E-state index in [1.54, 1.807) is 19.3 Å². The molecule has 0 saturated heterocycles. The van der Waals surface area contributed by atoms with Gasteiger partial charge in [0, 0.05) is 18.2 Å². The fourth-order valence-corrected chi connectivity index (χ4v) is 2.14. The maximum Gasteiger partial charge on any atom is 0.251 e. The van der Waals surface area contributed by atoms with Gasteiger partial charge in [-0.25, -0.2) is 4.98 Å². The molecule has 2 aromatic carbocycles. The lowest BCUT2D eigenvalue weighted by atomic mass is 10.1. The summed E-state index contributed by atoms with van der Waals surface area (Å²) in [6, 6.07) is 17.0. The van der Waals surface area contributed by atoms with Crippen molar-refractivity contribution in [1.82, 2.24) is 10.3 Å². The van der Waals surface area contributed by atoms with Crippen LogP contribution in [-0.2, 0) is 0 Å². The van der Waals surface area contributed by atoms with E-state index < -0.39 is 0 Å². The molecule has 1 amide bonds. The highest BCUT2D eigenvalue weighted by molar-refractivity contribution is 5.99. The Morgan fingerprint density at radius 2 is 1.76 bits per heavy atom. The molecule has 4 nitrogen and oxygen atoms in total. The van der Waals surface area contributed by atoms with Crippen molar-refractivity contribution in [1.29, 1.82) is 0 Å². The number of nitrogens with zero attached hydrogens (tertiary/aromatic N) is 1. The van der Waals surface area contributed by atoms with Crippen LogP contribution < -0.4 is 5.32 Å². The van der Waals surface area contributed by atoms with Gasteiger partial charge in [-0.2, -0.15) is 0 Å². The number of rotatable bonds is 3. The van der Waals surface area contributed by atoms with Crippen molar-refractivity contribution in [3.05, 3.63) is 66.4 Å². The molecule has 3 rings (SSSR count). The number of benzene rings is 2. The number of amides is 1. The maximum atomic E-state index is 11.9. The summed E-state index contributed by atoms with van der Waals surface area (Å²) in [5.41, 5.74) is 2.18. The highest BCUT2D eigenvalue weighted by Crippen LogP contribution is 2.27. The quantitative estimate of drug-likeness (QED) is 0.799. The number of carbonyl (C=O) groups excluding carboxylic acids is 1. The molecule has 0 bridgehead atoms. The molecule has 1 heterocycles. The van der Waals surface area contributed by atoms with Gasteiger partial charge in [0.05, 0.1) is 11.8 Å². The van der Waals surface area contributed by atoms with Crippen molar-refractivity contribution in [3.8, 4) is 22.8 Å².